The van der Waals surface area contributed by atoms with Crippen LogP contribution in [0.5, 0.6) is 0 Å². The van der Waals surface area contributed by atoms with Crippen molar-refractivity contribution in [1.82, 2.24) is 0 Å². The number of hydrogen-bond donors (Lipinski definition) is 0. The third-order valence-corrected chi connectivity index (χ3v) is 3.84. The first-order chi connectivity index (χ1) is 9.16. The Morgan fingerprint density at radius 1 is 1.37 bits per heavy atom. The van der Waals surface area contributed by atoms with E-state index in [0.29, 0.717) is 10.5 Å². The fraction of sp³-hybridized carbons (Fsp3) is 0.462. The highest BCUT2D eigenvalue weighted by molar-refractivity contribution is 5.84. The number of benzene rings is 1. The second-order valence-electron chi connectivity index (χ2n) is 4.98. The largest absolute Gasteiger partial charge is 0.394 e. The summed E-state index contributed by atoms with van der Waals surface area (Å²) in [5, 5.41) is 22.5. The molecule has 6 heteroatoms. The molecule has 0 bridgehead atoms. The lowest BCUT2D eigenvalue weighted by atomic mass is 9.82. The Balaban J connectivity index is 1.91. The SMILES string of the molecule is O=[N+]([O-])c1cccc([C@@H]2O[N+]([O-])=C3CCCC[C@H]32)c1. The topological polar surface area (TPSA) is 78.4 Å². The fourth-order valence-electron chi connectivity index (χ4n) is 2.93. The van der Waals surface area contributed by atoms with Crippen molar-refractivity contribution in [1.29, 1.82) is 0 Å². The quantitative estimate of drug-likeness (QED) is 0.466. The van der Waals surface area contributed by atoms with Crippen LogP contribution in [-0.2, 0) is 4.84 Å². The van der Waals surface area contributed by atoms with Crippen LogP contribution in [0.15, 0.2) is 24.3 Å². The summed E-state index contributed by atoms with van der Waals surface area (Å²) in [6, 6.07) is 6.35. The van der Waals surface area contributed by atoms with Gasteiger partial charge < -0.3 is 4.84 Å². The standard InChI is InChI=1S/C13H14N2O4/c16-14(17)10-5-3-4-9(8-10)13-11-6-1-2-7-12(11)15(18)19-13/h3-5,8,11,13H,1-2,6-7H2/t11-,13+/m1/s1. The first-order valence-corrected chi connectivity index (χ1v) is 6.41. The summed E-state index contributed by atoms with van der Waals surface area (Å²) in [7, 11) is 0. The molecule has 1 aromatic carbocycles. The minimum absolute atomic E-state index is 0.0304. The van der Waals surface area contributed by atoms with Crippen molar-refractivity contribution in [2.45, 2.75) is 31.8 Å². The van der Waals surface area contributed by atoms with Crippen molar-refractivity contribution in [3.8, 4) is 0 Å². The number of non-ortho nitro benzene ring substituents is 1. The highest BCUT2D eigenvalue weighted by Gasteiger charge is 2.41. The third kappa shape index (κ3) is 2.03. The third-order valence-electron chi connectivity index (χ3n) is 3.84. The smallest absolute Gasteiger partial charge is 0.269 e. The lowest BCUT2D eigenvalue weighted by molar-refractivity contribution is -0.743. The Kier molecular flexibility index (Phi) is 2.85. The van der Waals surface area contributed by atoms with Crippen molar-refractivity contribution in [3.05, 3.63) is 45.2 Å². The Bertz CT molecular complexity index is 555. The molecule has 19 heavy (non-hydrogen) atoms. The van der Waals surface area contributed by atoms with E-state index in [-0.39, 0.29) is 17.7 Å². The van der Waals surface area contributed by atoms with Gasteiger partial charge in [0.25, 0.3) is 5.69 Å². The predicted octanol–water partition coefficient (Wildman–Crippen LogP) is 2.72. The van der Waals surface area contributed by atoms with Gasteiger partial charge in [0.05, 0.1) is 10.8 Å². The molecule has 2 aliphatic rings. The van der Waals surface area contributed by atoms with E-state index in [2.05, 4.69) is 0 Å². The van der Waals surface area contributed by atoms with Gasteiger partial charge in [-0.2, -0.15) is 0 Å². The van der Waals surface area contributed by atoms with Gasteiger partial charge in [-0.15, -0.1) is 0 Å². The maximum Gasteiger partial charge on any atom is 0.269 e. The summed E-state index contributed by atoms with van der Waals surface area (Å²) in [6.07, 6.45) is 3.36. The zero-order valence-electron chi connectivity index (χ0n) is 10.3. The summed E-state index contributed by atoms with van der Waals surface area (Å²) in [5.41, 5.74) is 1.52. The molecule has 1 aliphatic carbocycles. The van der Waals surface area contributed by atoms with Crippen LogP contribution in [0.2, 0.25) is 0 Å². The Morgan fingerprint density at radius 2 is 2.21 bits per heavy atom. The van der Waals surface area contributed by atoms with Gasteiger partial charge in [0.1, 0.15) is 6.10 Å². The summed E-state index contributed by atoms with van der Waals surface area (Å²) >= 11 is 0. The number of nitro groups is 1. The van der Waals surface area contributed by atoms with E-state index in [0.717, 1.165) is 31.4 Å². The molecule has 2 atom stereocenters. The zero-order chi connectivity index (χ0) is 13.4. The fourth-order valence-corrected chi connectivity index (χ4v) is 2.93. The molecule has 0 N–H and O–H groups in total. The van der Waals surface area contributed by atoms with Gasteiger partial charge in [-0.3, -0.25) is 15.3 Å². The molecule has 0 saturated heterocycles. The van der Waals surface area contributed by atoms with Crippen molar-refractivity contribution in [3.63, 3.8) is 0 Å². The molecule has 3 rings (SSSR count). The number of fused-ring (bicyclic) bond motifs is 1. The van der Waals surface area contributed by atoms with Crippen LogP contribution in [0.4, 0.5) is 5.69 Å². The lowest BCUT2D eigenvalue weighted by Gasteiger charge is -2.21. The summed E-state index contributed by atoms with van der Waals surface area (Å²) in [5.74, 6) is 0.0632. The van der Waals surface area contributed by atoms with Gasteiger partial charge in [-0.05, 0) is 18.4 Å². The van der Waals surface area contributed by atoms with Crippen LogP contribution < -0.4 is 0 Å². The average Bonchev–Trinajstić information content (AvgIpc) is 2.77. The van der Waals surface area contributed by atoms with Crippen molar-refractivity contribution < 1.29 is 14.7 Å². The van der Waals surface area contributed by atoms with Crippen LogP contribution in [-0.4, -0.2) is 15.5 Å². The minimum Gasteiger partial charge on any atom is -0.394 e. The molecule has 0 aromatic heterocycles. The van der Waals surface area contributed by atoms with E-state index < -0.39 is 4.92 Å². The molecule has 0 spiro atoms. The van der Waals surface area contributed by atoms with Gasteiger partial charge in [-0.25, -0.2) is 0 Å². The monoisotopic (exact) mass is 262 g/mol. The van der Waals surface area contributed by atoms with Gasteiger partial charge in [-0.1, -0.05) is 18.6 Å². The Morgan fingerprint density at radius 3 is 3.00 bits per heavy atom. The van der Waals surface area contributed by atoms with Crippen LogP contribution in [0.3, 0.4) is 0 Å². The van der Waals surface area contributed by atoms with E-state index in [4.69, 9.17) is 4.84 Å². The van der Waals surface area contributed by atoms with Crippen molar-refractivity contribution in [2.75, 3.05) is 0 Å². The molecule has 1 saturated carbocycles. The Hall–Kier alpha value is -2.11. The predicted molar refractivity (Wildman–Crippen MR) is 67.5 cm³/mol. The van der Waals surface area contributed by atoms with Crippen LogP contribution in [0.25, 0.3) is 0 Å². The van der Waals surface area contributed by atoms with E-state index in [1.165, 1.54) is 12.1 Å². The van der Waals surface area contributed by atoms with Crippen LogP contribution >= 0.6 is 0 Å². The van der Waals surface area contributed by atoms with Gasteiger partial charge >= 0.3 is 0 Å². The van der Waals surface area contributed by atoms with Gasteiger partial charge in [0, 0.05) is 23.5 Å². The van der Waals surface area contributed by atoms with Gasteiger partial charge in [0.15, 0.2) is 0 Å². The van der Waals surface area contributed by atoms with E-state index >= 15 is 0 Å². The number of nitrogens with zero attached hydrogens (tertiary/aromatic N) is 2. The second-order valence-corrected chi connectivity index (χ2v) is 4.98. The van der Waals surface area contributed by atoms with E-state index in [9.17, 15) is 15.3 Å². The van der Waals surface area contributed by atoms with Crippen LogP contribution in [0.1, 0.15) is 37.4 Å². The van der Waals surface area contributed by atoms with Crippen molar-refractivity contribution in [2.24, 2.45) is 5.92 Å². The summed E-state index contributed by atoms with van der Waals surface area (Å²) < 4.78 is 0. The molecule has 1 aliphatic heterocycles. The highest BCUT2D eigenvalue weighted by atomic mass is 16.9. The first kappa shape index (κ1) is 12.0. The van der Waals surface area contributed by atoms with Gasteiger partial charge in [0.2, 0.25) is 5.71 Å². The van der Waals surface area contributed by atoms with Crippen molar-refractivity contribution >= 4 is 11.4 Å². The lowest BCUT2D eigenvalue weighted by Crippen LogP contribution is -2.22. The molecule has 0 radical (unpaired) electrons. The molecular formula is C13H14N2O4. The number of hydrogen-bond acceptors (Lipinski definition) is 4. The average molecular weight is 262 g/mol. The summed E-state index contributed by atoms with van der Waals surface area (Å²) in [4.78, 5) is 16.3. The second kappa shape index (κ2) is 4.53. The van der Waals surface area contributed by atoms with E-state index in [1.54, 1.807) is 12.1 Å². The number of nitro benzene ring substituents is 1. The molecular weight excluding hydrogens is 248 g/mol. The molecule has 100 valence electrons. The van der Waals surface area contributed by atoms with E-state index in [1.807, 2.05) is 0 Å². The molecule has 0 amide bonds. The Labute approximate surface area is 110 Å². The van der Waals surface area contributed by atoms with Crippen LogP contribution in [0, 0.1) is 21.2 Å². The number of rotatable bonds is 2. The summed E-state index contributed by atoms with van der Waals surface area (Å²) in [6.45, 7) is 0. The normalized spacial score (nSPS) is 25.9. The maximum atomic E-state index is 11.7. The molecule has 1 aromatic rings. The zero-order valence-corrected chi connectivity index (χ0v) is 10.3. The maximum absolute atomic E-state index is 11.7. The molecule has 0 unspecified atom stereocenters. The molecule has 1 fully saturated rings. The molecule has 6 nitrogen and oxygen atoms in total. The highest BCUT2D eigenvalue weighted by Crippen LogP contribution is 2.40. The first-order valence-electron chi connectivity index (χ1n) is 6.41. The minimum atomic E-state index is -0.432. The molecule has 1 heterocycles.